The van der Waals surface area contributed by atoms with Gasteiger partial charge in [0.05, 0.1) is 5.41 Å². The topological polar surface area (TPSA) is 36.9 Å². The molecule has 85 heavy (non-hydrogen) atoms. The minimum atomic E-state index is -2.48. The summed E-state index contributed by atoms with van der Waals surface area (Å²) in [5.74, 6) is 1.42. The molecule has 1 spiro atoms. The number of hydrogen-bond acceptors (Lipinski definition) is 3. The predicted octanol–water partition coefficient (Wildman–Crippen LogP) is 19.8. The average Bonchev–Trinajstić information content (AvgIpc) is 1.51. The Bertz CT molecular complexity index is 5110. The van der Waals surface area contributed by atoms with Crippen LogP contribution in [0.15, 0.2) is 265 Å². The molecule has 0 bridgehead atoms. The molecule has 410 valence electrons. The van der Waals surface area contributed by atoms with E-state index in [1.54, 1.807) is 12.3 Å². The van der Waals surface area contributed by atoms with Crippen molar-refractivity contribution in [2.75, 3.05) is 0 Å². The van der Waals surface area contributed by atoms with Crippen LogP contribution in [0.4, 0.5) is 0 Å². The molecule has 4 heterocycles. The second-order valence-electron chi connectivity index (χ2n) is 23.0. The zero-order chi connectivity index (χ0) is 59.6. The normalized spacial score (nSPS) is 13.7. The van der Waals surface area contributed by atoms with Gasteiger partial charge >= 0.3 is 294 Å². The fourth-order valence-corrected chi connectivity index (χ4v) is 15.6. The molecule has 16 rings (SSSR count). The monoisotopic (exact) mass is 1290 g/mol. The SMILES string of the molecule is [2H]C([2H])([2H])c1cc(-n2c3[c-]c(Oc4[c-]c(-n5[c](=[Pt])n(-c6c(-c7ccccc7)cccc6-c6ccccc6)c6ccccc65)ccc4)ccc3c3cc4c(cc32)C2(c3ccccc3Sc3ccccc32)c2ccccc2-4)ncc1-c1ccc(C(C)(C)C)cc1. The van der Waals surface area contributed by atoms with Crippen LogP contribution in [0.2, 0.25) is 0 Å². The number of aromatic nitrogens is 4. The molecule has 1 aliphatic heterocycles. The summed E-state index contributed by atoms with van der Waals surface area (Å²) in [5, 5.41) is 1.90. The fourth-order valence-electron chi connectivity index (χ4n) is 13.3. The maximum atomic E-state index is 9.09. The van der Waals surface area contributed by atoms with Crippen molar-refractivity contribution in [2.24, 2.45) is 0 Å². The number of hydrogen-bond donors (Lipinski definition) is 0. The molecular weight excluding hydrogens is 1240 g/mol. The molecule has 0 unspecified atom stereocenters. The van der Waals surface area contributed by atoms with Crippen molar-refractivity contribution in [1.29, 1.82) is 0 Å². The minimum absolute atomic E-state index is 0.0753. The quantitative estimate of drug-likeness (QED) is 0.142. The Morgan fingerprint density at radius 2 is 1.07 bits per heavy atom. The van der Waals surface area contributed by atoms with E-state index in [1.165, 1.54) is 32.0 Å². The summed E-state index contributed by atoms with van der Waals surface area (Å²) in [6, 6.07) is 94.9. The van der Waals surface area contributed by atoms with Gasteiger partial charge < -0.3 is 0 Å². The molecule has 0 N–H and O–H groups in total. The van der Waals surface area contributed by atoms with E-state index < -0.39 is 12.3 Å². The number of ether oxygens (including phenoxy) is 1. The van der Waals surface area contributed by atoms with E-state index in [0.717, 1.165) is 87.0 Å². The van der Waals surface area contributed by atoms with Crippen LogP contribution in [0, 0.1) is 22.8 Å². The van der Waals surface area contributed by atoms with Crippen LogP contribution >= 0.6 is 11.8 Å². The first-order valence-corrected chi connectivity index (χ1v) is 30.5. The van der Waals surface area contributed by atoms with Gasteiger partial charge in [0, 0.05) is 25.7 Å². The number of rotatable bonds is 8. The molecule has 11 aromatic carbocycles. The molecule has 3 aromatic heterocycles. The number of aryl methyl sites for hydroxylation is 1. The van der Waals surface area contributed by atoms with E-state index in [0.29, 0.717) is 28.4 Å². The molecule has 0 atom stereocenters. The van der Waals surface area contributed by atoms with E-state index in [1.807, 2.05) is 42.1 Å². The van der Waals surface area contributed by atoms with Crippen LogP contribution in [0.5, 0.6) is 11.5 Å². The van der Waals surface area contributed by atoms with Gasteiger partial charge in [-0.25, -0.2) is 0 Å². The number of para-hydroxylation sites is 3. The Kier molecular flexibility index (Phi) is 11.3. The van der Waals surface area contributed by atoms with Crippen LogP contribution in [-0.4, -0.2) is 18.7 Å². The van der Waals surface area contributed by atoms with E-state index in [2.05, 4.69) is 278 Å². The van der Waals surface area contributed by atoms with Crippen molar-refractivity contribution in [3.05, 3.63) is 304 Å². The van der Waals surface area contributed by atoms with Crippen molar-refractivity contribution in [2.45, 2.75) is 48.2 Å². The third-order valence-corrected chi connectivity index (χ3v) is 19.3. The summed E-state index contributed by atoms with van der Waals surface area (Å²) in [6.45, 7) is 4.05. The summed E-state index contributed by atoms with van der Waals surface area (Å²) < 4.78 is 41.9. The standard InChI is InChI=1S/C78H54N4OS.Pt/c1-50-43-75(79-48-64(50)53-37-39-54(40-38-53)77(2,3)4)82-71-45-57(41-42-61(71)63-46-62-60-27-11-12-30-65(60)78(68(62)47-72(63)82)66-31-13-17-35-73(66)84-74-36-18-14-32-67(74)78)83-56-26-19-25-55(44-56)80-49-81(70-34-16-15-33-69(70)80)76-58(51-21-7-5-8-22-51)28-20-29-59(76)52-23-9-6-10-24-52;/h5-43,46-48H,1-4H3;/q-2;/i1D3;. The van der Waals surface area contributed by atoms with Gasteiger partial charge in [-0.3, -0.25) is 0 Å². The average molecular weight is 1290 g/mol. The molecular formula is C78H54N4OPtS-2. The Hall–Kier alpha value is -9.32. The van der Waals surface area contributed by atoms with Crippen LogP contribution in [-0.2, 0) is 30.2 Å². The zero-order valence-electron chi connectivity index (χ0n) is 49.7. The van der Waals surface area contributed by atoms with Crippen LogP contribution in [0.25, 0.3) is 94.5 Å². The Morgan fingerprint density at radius 3 is 1.75 bits per heavy atom. The Labute approximate surface area is 513 Å². The fraction of sp³-hybridized carbons (Fsp3) is 0.0769. The zero-order valence-corrected chi connectivity index (χ0v) is 49.8. The van der Waals surface area contributed by atoms with Gasteiger partial charge in [-0.15, -0.1) is 0 Å². The number of nitrogens with zero attached hydrogens (tertiary/aromatic N) is 4. The number of pyridine rings is 1. The Balaban J connectivity index is 0.887. The maximum absolute atomic E-state index is 9.09. The van der Waals surface area contributed by atoms with Crippen molar-refractivity contribution >= 4 is 44.6 Å². The summed E-state index contributed by atoms with van der Waals surface area (Å²) in [6.07, 6.45) is 1.73. The van der Waals surface area contributed by atoms with E-state index in [9.17, 15) is 0 Å². The van der Waals surface area contributed by atoms with Crippen LogP contribution in [0.3, 0.4) is 0 Å². The second kappa shape index (κ2) is 19.9. The number of benzene rings is 11. The molecule has 2 aliphatic rings. The van der Waals surface area contributed by atoms with Gasteiger partial charge in [0.15, 0.2) is 0 Å². The van der Waals surface area contributed by atoms with Crippen LogP contribution < -0.4 is 4.74 Å². The van der Waals surface area contributed by atoms with Gasteiger partial charge in [0.1, 0.15) is 0 Å². The minimum Gasteiger partial charge on any atom is -0.0894 e. The molecule has 0 saturated carbocycles. The van der Waals surface area contributed by atoms with E-state index >= 15 is 0 Å². The summed E-state index contributed by atoms with van der Waals surface area (Å²) in [5.41, 5.74) is 19.1. The third kappa shape index (κ3) is 8.10. The number of fused-ring (bicyclic) bond motifs is 13. The van der Waals surface area contributed by atoms with E-state index in [4.69, 9.17) is 13.8 Å². The molecule has 0 fully saturated rings. The molecule has 0 radical (unpaired) electrons. The van der Waals surface area contributed by atoms with Gasteiger partial charge in [-0.2, -0.15) is 0 Å². The van der Waals surface area contributed by atoms with Crippen molar-refractivity contribution in [3.63, 3.8) is 0 Å². The second-order valence-corrected chi connectivity index (χ2v) is 25.1. The first-order chi connectivity index (χ1) is 42.8. The smallest absolute Gasteiger partial charge is 0.0894 e. The molecule has 1 aliphatic carbocycles. The first-order valence-electron chi connectivity index (χ1n) is 30.1. The first kappa shape index (κ1) is 48.1. The van der Waals surface area contributed by atoms with Gasteiger partial charge in [0.25, 0.3) is 0 Å². The molecule has 14 aromatic rings. The van der Waals surface area contributed by atoms with Crippen LogP contribution in [0.1, 0.15) is 58.3 Å². The predicted molar refractivity (Wildman–Crippen MR) is 343 cm³/mol. The third-order valence-electron chi connectivity index (χ3n) is 17.1. The van der Waals surface area contributed by atoms with Crippen molar-refractivity contribution in [3.8, 4) is 73.2 Å². The van der Waals surface area contributed by atoms with Crippen molar-refractivity contribution in [1.82, 2.24) is 18.7 Å². The molecule has 0 amide bonds. The van der Waals surface area contributed by atoms with Gasteiger partial charge in [-0.1, -0.05) is 117 Å². The summed E-state index contributed by atoms with van der Waals surface area (Å²) in [7, 11) is 0. The number of imidazole rings is 1. The van der Waals surface area contributed by atoms with E-state index in [-0.39, 0.29) is 11.0 Å². The summed E-state index contributed by atoms with van der Waals surface area (Å²) in [4.78, 5) is 7.67. The molecule has 7 heteroatoms. The summed E-state index contributed by atoms with van der Waals surface area (Å²) >= 11 is 4.28. The molecule has 5 nitrogen and oxygen atoms in total. The Morgan fingerprint density at radius 1 is 0.482 bits per heavy atom. The van der Waals surface area contributed by atoms with Gasteiger partial charge in [-0.05, 0) is 74.5 Å². The van der Waals surface area contributed by atoms with Crippen molar-refractivity contribution < 1.29 is 28.2 Å². The molecule has 0 saturated heterocycles. The van der Waals surface area contributed by atoms with Gasteiger partial charge in [0.2, 0.25) is 0 Å².